The van der Waals surface area contributed by atoms with Gasteiger partial charge in [0, 0.05) is 32.4 Å². The number of nitrogens with zero attached hydrogens (tertiary/aromatic N) is 3. The number of carbonyl (C=O) groups is 1. The van der Waals surface area contributed by atoms with Crippen molar-refractivity contribution in [2.24, 2.45) is 12.9 Å². The number of nitrogen functional groups attached to an aromatic ring is 1. The molecule has 0 aliphatic carbocycles. The summed E-state index contributed by atoms with van der Waals surface area (Å²) in [6.45, 7) is 0.516. The zero-order valence-corrected chi connectivity index (χ0v) is 10.6. The smallest absolute Gasteiger partial charge is 0.269 e. The average Bonchev–Trinajstić information content (AvgIpc) is 2.84. The van der Waals surface area contributed by atoms with Gasteiger partial charge in [-0.05, 0) is 12.1 Å². The molecule has 2 aromatic rings. The highest BCUT2D eigenvalue weighted by atomic mass is 16.1. The van der Waals surface area contributed by atoms with E-state index in [2.05, 4.69) is 20.7 Å². The first-order chi connectivity index (χ1) is 9.20. The van der Waals surface area contributed by atoms with Crippen LogP contribution in [-0.4, -0.2) is 27.0 Å². The highest BCUT2D eigenvalue weighted by Crippen LogP contribution is 2.03. The van der Waals surface area contributed by atoms with Crippen LogP contribution in [0.15, 0.2) is 30.7 Å². The molecule has 0 bridgehead atoms. The Morgan fingerprint density at radius 1 is 1.42 bits per heavy atom. The first-order valence-electron chi connectivity index (χ1n) is 5.88. The van der Waals surface area contributed by atoms with Crippen molar-refractivity contribution in [3.8, 4) is 0 Å². The summed E-state index contributed by atoms with van der Waals surface area (Å²) in [5.74, 6) is 5.94. The number of anilines is 1. The predicted octanol–water partition coefficient (Wildman–Crippen LogP) is 0.0732. The standard InChI is InChI=1S/C12H16N6O/c1-18-7-6-14-11(18)4-5-15-12(19)10-3-2-9(17-13)8-16-10/h2-3,6-8,17H,4-5,13H2,1H3,(H,15,19). The lowest BCUT2D eigenvalue weighted by molar-refractivity contribution is 0.0949. The number of imidazole rings is 1. The van der Waals surface area contributed by atoms with E-state index < -0.39 is 0 Å². The summed E-state index contributed by atoms with van der Waals surface area (Å²) in [6.07, 6.45) is 5.79. The van der Waals surface area contributed by atoms with Gasteiger partial charge in [0.1, 0.15) is 11.5 Å². The predicted molar refractivity (Wildman–Crippen MR) is 71.3 cm³/mol. The second-order valence-electron chi connectivity index (χ2n) is 4.04. The number of aryl methyl sites for hydroxylation is 1. The van der Waals surface area contributed by atoms with Crippen LogP contribution in [0.1, 0.15) is 16.3 Å². The SMILES string of the molecule is Cn1ccnc1CCNC(=O)c1ccc(NN)cn1. The van der Waals surface area contributed by atoms with Crippen LogP contribution in [0.4, 0.5) is 5.69 Å². The Balaban J connectivity index is 1.85. The van der Waals surface area contributed by atoms with Crippen LogP contribution in [0.25, 0.3) is 0 Å². The Labute approximate surface area is 110 Å². The number of carbonyl (C=O) groups excluding carboxylic acids is 1. The molecule has 0 saturated carbocycles. The van der Waals surface area contributed by atoms with Crippen LogP contribution < -0.4 is 16.6 Å². The van der Waals surface area contributed by atoms with Crippen LogP contribution in [0.3, 0.4) is 0 Å². The Kier molecular flexibility index (Phi) is 4.09. The summed E-state index contributed by atoms with van der Waals surface area (Å²) in [5, 5.41) is 2.80. The number of rotatable bonds is 5. The second kappa shape index (κ2) is 5.96. The van der Waals surface area contributed by atoms with E-state index in [9.17, 15) is 4.79 Å². The first kappa shape index (κ1) is 13.0. The monoisotopic (exact) mass is 260 g/mol. The molecule has 0 saturated heterocycles. The molecule has 2 rings (SSSR count). The lowest BCUT2D eigenvalue weighted by Gasteiger charge is -2.05. The number of nitrogens with one attached hydrogen (secondary N) is 2. The van der Waals surface area contributed by atoms with Gasteiger partial charge in [-0.15, -0.1) is 0 Å². The molecule has 0 spiro atoms. The third-order valence-corrected chi connectivity index (χ3v) is 2.72. The van der Waals surface area contributed by atoms with Crippen molar-refractivity contribution in [1.82, 2.24) is 19.9 Å². The lowest BCUT2D eigenvalue weighted by atomic mass is 10.3. The quantitative estimate of drug-likeness (QED) is 0.522. The molecular formula is C12H16N6O. The van der Waals surface area contributed by atoms with Crippen LogP contribution in [0.2, 0.25) is 0 Å². The molecule has 7 heteroatoms. The summed E-state index contributed by atoms with van der Waals surface area (Å²) >= 11 is 0. The van der Waals surface area contributed by atoms with E-state index in [1.54, 1.807) is 18.3 Å². The number of hydrazine groups is 1. The number of nitrogens with two attached hydrogens (primary N) is 1. The van der Waals surface area contributed by atoms with Gasteiger partial charge >= 0.3 is 0 Å². The van der Waals surface area contributed by atoms with E-state index >= 15 is 0 Å². The van der Waals surface area contributed by atoms with Crippen molar-refractivity contribution in [2.45, 2.75) is 6.42 Å². The van der Waals surface area contributed by atoms with E-state index in [-0.39, 0.29) is 5.91 Å². The van der Waals surface area contributed by atoms with E-state index in [1.807, 2.05) is 17.8 Å². The summed E-state index contributed by atoms with van der Waals surface area (Å²) in [4.78, 5) is 20.0. The zero-order chi connectivity index (χ0) is 13.7. The van der Waals surface area contributed by atoms with E-state index in [1.165, 1.54) is 6.20 Å². The van der Waals surface area contributed by atoms with Gasteiger partial charge in [0.05, 0.1) is 11.9 Å². The fourth-order valence-electron chi connectivity index (χ4n) is 1.63. The minimum atomic E-state index is -0.210. The van der Waals surface area contributed by atoms with Crippen molar-refractivity contribution in [1.29, 1.82) is 0 Å². The highest BCUT2D eigenvalue weighted by Gasteiger charge is 2.07. The summed E-state index contributed by atoms with van der Waals surface area (Å²) in [5.41, 5.74) is 3.47. The average molecular weight is 260 g/mol. The van der Waals surface area contributed by atoms with Gasteiger partial charge in [-0.1, -0.05) is 0 Å². The number of hydrogen-bond acceptors (Lipinski definition) is 5. The van der Waals surface area contributed by atoms with Gasteiger partial charge in [0.25, 0.3) is 5.91 Å². The molecule has 2 aromatic heterocycles. The zero-order valence-electron chi connectivity index (χ0n) is 10.6. The fraction of sp³-hybridized carbons (Fsp3) is 0.250. The van der Waals surface area contributed by atoms with Gasteiger partial charge < -0.3 is 15.3 Å². The van der Waals surface area contributed by atoms with Crippen LogP contribution in [0, 0.1) is 0 Å². The van der Waals surface area contributed by atoms with Crippen molar-refractivity contribution < 1.29 is 4.79 Å². The summed E-state index contributed by atoms with van der Waals surface area (Å²) in [6, 6.07) is 3.31. The van der Waals surface area contributed by atoms with Crippen molar-refractivity contribution in [3.63, 3.8) is 0 Å². The Morgan fingerprint density at radius 2 is 2.26 bits per heavy atom. The maximum atomic E-state index is 11.8. The second-order valence-corrected chi connectivity index (χ2v) is 4.04. The molecule has 0 aromatic carbocycles. The van der Waals surface area contributed by atoms with Gasteiger partial charge in [0.2, 0.25) is 0 Å². The van der Waals surface area contributed by atoms with Crippen molar-refractivity contribution in [2.75, 3.05) is 12.0 Å². The molecular weight excluding hydrogens is 244 g/mol. The molecule has 0 unspecified atom stereocenters. The van der Waals surface area contributed by atoms with E-state index in [0.717, 1.165) is 5.82 Å². The molecule has 0 atom stereocenters. The van der Waals surface area contributed by atoms with Gasteiger partial charge in [0.15, 0.2) is 0 Å². The maximum absolute atomic E-state index is 11.8. The largest absolute Gasteiger partial charge is 0.350 e. The molecule has 100 valence electrons. The van der Waals surface area contributed by atoms with E-state index in [0.29, 0.717) is 24.3 Å². The number of amides is 1. The number of aromatic nitrogens is 3. The topological polar surface area (TPSA) is 97.9 Å². The maximum Gasteiger partial charge on any atom is 0.269 e. The molecule has 19 heavy (non-hydrogen) atoms. The molecule has 0 aliphatic heterocycles. The van der Waals surface area contributed by atoms with Crippen LogP contribution in [-0.2, 0) is 13.5 Å². The molecule has 1 amide bonds. The third-order valence-electron chi connectivity index (χ3n) is 2.72. The Morgan fingerprint density at radius 3 is 2.84 bits per heavy atom. The number of hydrogen-bond donors (Lipinski definition) is 3. The highest BCUT2D eigenvalue weighted by molar-refractivity contribution is 5.92. The van der Waals surface area contributed by atoms with Gasteiger partial charge in [-0.25, -0.2) is 9.97 Å². The van der Waals surface area contributed by atoms with Gasteiger partial charge in [-0.3, -0.25) is 10.6 Å². The molecule has 0 aliphatic rings. The summed E-state index contributed by atoms with van der Waals surface area (Å²) in [7, 11) is 1.92. The third kappa shape index (κ3) is 3.29. The minimum Gasteiger partial charge on any atom is -0.350 e. The fourth-order valence-corrected chi connectivity index (χ4v) is 1.63. The van der Waals surface area contributed by atoms with Crippen molar-refractivity contribution >= 4 is 11.6 Å². The van der Waals surface area contributed by atoms with Gasteiger partial charge in [-0.2, -0.15) is 0 Å². The summed E-state index contributed by atoms with van der Waals surface area (Å²) < 4.78 is 1.92. The molecule has 7 nitrogen and oxygen atoms in total. The minimum absolute atomic E-state index is 0.210. The lowest BCUT2D eigenvalue weighted by Crippen LogP contribution is -2.27. The molecule has 0 radical (unpaired) electrons. The normalized spacial score (nSPS) is 10.2. The molecule has 4 N–H and O–H groups in total. The van der Waals surface area contributed by atoms with Crippen LogP contribution >= 0.6 is 0 Å². The Hall–Kier alpha value is -2.41. The molecule has 0 fully saturated rings. The van der Waals surface area contributed by atoms with Crippen LogP contribution in [0.5, 0.6) is 0 Å². The Bertz CT molecular complexity index is 548. The molecule has 2 heterocycles. The van der Waals surface area contributed by atoms with Crippen molar-refractivity contribution in [3.05, 3.63) is 42.2 Å². The van der Waals surface area contributed by atoms with E-state index in [4.69, 9.17) is 5.84 Å². The first-order valence-corrected chi connectivity index (χ1v) is 5.88. The number of pyridine rings is 1.